The van der Waals surface area contributed by atoms with Crippen molar-refractivity contribution in [2.75, 3.05) is 0 Å². The number of rotatable bonds is 4. The maximum Gasteiger partial charge on any atom is 0.253 e. The van der Waals surface area contributed by atoms with Gasteiger partial charge in [0, 0.05) is 17.1 Å². The lowest BCUT2D eigenvalue weighted by Gasteiger charge is -2.38. The molecule has 3 aromatic carbocycles. The summed E-state index contributed by atoms with van der Waals surface area (Å²) >= 11 is 0. The van der Waals surface area contributed by atoms with E-state index in [-0.39, 0.29) is 11.4 Å². The Kier molecular flexibility index (Phi) is 4.96. The average Bonchev–Trinajstić information content (AvgIpc) is 2.79. The molecule has 0 aliphatic heterocycles. The summed E-state index contributed by atoms with van der Waals surface area (Å²) in [5.74, 6) is -0.0176. The molecule has 1 heterocycles. The van der Waals surface area contributed by atoms with Gasteiger partial charge in [0.05, 0.1) is 11.1 Å². The van der Waals surface area contributed by atoms with Crippen LogP contribution in [0.2, 0.25) is 0 Å². The molecule has 1 N–H and O–H groups in total. The first-order chi connectivity index (χ1) is 14.7. The van der Waals surface area contributed by atoms with Crippen LogP contribution in [-0.4, -0.2) is 16.4 Å². The molecule has 4 aromatic rings. The standard InChI is InChI=1S/C27H26N2O/c30-26(24-17-23-10-4-5-11-25(23)28-19-24)29-27(14-6-1-7-15-27)18-20-12-13-21-8-2-3-9-22(21)16-20/h2-5,8-13,16-17,19H,1,6-7,14-15,18H2,(H,29,30). The van der Waals surface area contributed by atoms with Crippen molar-refractivity contribution >= 4 is 27.6 Å². The van der Waals surface area contributed by atoms with Crippen LogP contribution in [-0.2, 0) is 6.42 Å². The van der Waals surface area contributed by atoms with Gasteiger partial charge in [-0.15, -0.1) is 0 Å². The first-order valence-corrected chi connectivity index (χ1v) is 10.9. The second-order valence-corrected chi connectivity index (χ2v) is 8.57. The van der Waals surface area contributed by atoms with Crippen molar-refractivity contribution in [1.29, 1.82) is 0 Å². The topological polar surface area (TPSA) is 42.0 Å². The highest BCUT2D eigenvalue weighted by atomic mass is 16.1. The van der Waals surface area contributed by atoms with Crippen LogP contribution in [0.4, 0.5) is 0 Å². The predicted octanol–water partition coefficient (Wildman–Crippen LogP) is 6.06. The molecule has 1 fully saturated rings. The number of carbonyl (C=O) groups excluding carboxylic acids is 1. The van der Waals surface area contributed by atoms with E-state index in [0.29, 0.717) is 5.56 Å². The number of para-hydroxylation sites is 1. The number of fused-ring (bicyclic) bond motifs is 2. The monoisotopic (exact) mass is 394 g/mol. The Morgan fingerprint density at radius 3 is 2.40 bits per heavy atom. The lowest BCUT2D eigenvalue weighted by atomic mass is 9.77. The minimum Gasteiger partial charge on any atom is -0.346 e. The Morgan fingerprint density at radius 1 is 0.833 bits per heavy atom. The Hall–Kier alpha value is -3.20. The molecule has 5 rings (SSSR count). The van der Waals surface area contributed by atoms with Crippen LogP contribution < -0.4 is 5.32 Å². The molecule has 1 amide bonds. The van der Waals surface area contributed by atoms with Crippen molar-refractivity contribution in [3.05, 3.63) is 90.1 Å². The van der Waals surface area contributed by atoms with E-state index in [9.17, 15) is 4.79 Å². The van der Waals surface area contributed by atoms with Gasteiger partial charge in [-0.2, -0.15) is 0 Å². The molecule has 30 heavy (non-hydrogen) atoms. The highest BCUT2D eigenvalue weighted by molar-refractivity contribution is 5.97. The summed E-state index contributed by atoms with van der Waals surface area (Å²) in [6.45, 7) is 0. The fraction of sp³-hybridized carbons (Fsp3) is 0.259. The summed E-state index contributed by atoms with van der Waals surface area (Å²) in [6, 6.07) is 25.0. The second kappa shape index (κ2) is 7.91. The number of amides is 1. The van der Waals surface area contributed by atoms with Crippen LogP contribution >= 0.6 is 0 Å². The number of hydrogen-bond donors (Lipinski definition) is 1. The third-order valence-corrected chi connectivity index (χ3v) is 6.40. The van der Waals surface area contributed by atoms with Gasteiger partial charge in [0.1, 0.15) is 0 Å². The number of pyridine rings is 1. The van der Waals surface area contributed by atoms with Crippen molar-refractivity contribution in [2.45, 2.75) is 44.1 Å². The number of hydrogen-bond acceptors (Lipinski definition) is 2. The summed E-state index contributed by atoms with van der Waals surface area (Å²) in [5, 5.41) is 6.94. The molecular weight excluding hydrogens is 368 g/mol. The van der Waals surface area contributed by atoms with Crippen LogP contribution in [0.5, 0.6) is 0 Å². The lowest BCUT2D eigenvalue weighted by molar-refractivity contribution is 0.0868. The number of carbonyl (C=O) groups is 1. The zero-order valence-corrected chi connectivity index (χ0v) is 17.1. The second-order valence-electron chi connectivity index (χ2n) is 8.57. The summed E-state index contributed by atoms with van der Waals surface area (Å²) in [5.41, 5.74) is 2.64. The fourth-order valence-electron chi connectivity index (χ4n) is 4.82. The minimum absolute atomic E-state index is 0.0176. The molecule has 1 aliphatic rings. The van der Waals surface area contributed by atoms with Crippen molar-refractivity contribution in [1.82, 2.24) is 10.3 Å². The summed E-state index contributed by atoms with van der Waals surface area (Å²) < 4.78 is 0. The van der Waals surface area contributed by atoms with Crippen molar-refractivity contribution in [3.8, 4) is 0 Å². The summed E-state index contributed by atoms with van der Waals surface area (Å²) in [7, 11) is 0. The quantitative estimate of drug-likeness (QED) is 0.457. The molecule has 0 bridgehead atoms. The van der Waals surface area contributed by atoms with E-state index in [4.69, 9.17) is 0 Å². The van der Waals surface area contributed by atoms with Gasteiger partial charge in [0.2, 0.25) is 0 Å². The highest BCUT2D eigenvalue weighted by Crippen LogP contribution is 2.32. The van der Waals surface area contributed by atoms with Crippen molar-refractivity contribution in [2.24, 2.45) is 0 Å². The predicted molar refractivity (Wildman–Crippen MR) is 123 cm³/mol. The maximum atomic E-state index is 13.2. The van der Waals surface area contributed by atoms with Gasteiger partial charge in [-0.1, -0.05) is 79.9 Å². The SMILES string of the molecule is O=C(NC1(Cc2ccc3ccccc3c2)CCCCC1)c1cnc2ccccc2c1. The first-order valence-electron chi connectivity index (χ1n) is 10.9. The van der Waals surface area contributed by atoms with Crippen molar-refractivity contribution < 1.29 is 4.79 Å². The molecule has 3 nitrogen and oxygen atoms in total. The van der Waals surface area contributed by atoms with Gasteiger partial charge in [0.25, 0.3) is 5.91 Å². The Labute approximate surface area is 177 Å². The van der Waals surface area contributed by atoms with Crippen LogP contribution in [0.1, 0.15) is 48.0 Å². The molecule has 1 aromatic heterocycles. The molecule has 3 heteroatoms. The van der Waals surface area contributed by atoms with E-state index >= 15 is 0 Å². The van der Waals surface area contributed by atoms with Crippen LogP contribution in [0.3, 0.4) is 0 Å². The molecule has 0 spiro atoms. The lowest BCUT2D eigenvalue weighted by Crippen LogP contribution is -2.51. The zero-order chi connectivity index (χ0) is 20.4. The van der Waals surface area contributed by atoms with Crippen LogP contribution in [0.15, 0.2) is 79.0 Å². The van der Waals surface area contributed by atoms with E-state index < -0.39 is 0 Å². The summed E-state index contributed by atoms with van der Waals surface area (Å²) in [4.78, 5) is 17.7. The van der Waals surface area contributed by atoms with E-state index in [1.165, 1.54) is 22.8 Å². The zero-order valence-electron chi connectivity index (χ0n) is 17.1. The van der Waals surface area contributed by atoms with Gasteiger partial charge >= 0.3 is 0 Å². The third-order valence-electron chi connectivity index (χ3n) is 6.40. The van der Waals surface area contributed by atoms with E-state index in [1.54, 1.807) is 6.20 Å². The smallest absolute Gasteiger partial charge is 0.253 e. The molecule has 0 saturated heterocycles. The number of aromatic nitrogens is 1. The Morgan fingerprint density at radius 2 is 1.57 bits per heavy atom. The van der Waals surface area contributed by atoms with Crippen LogP contribution in [0, 0.1) is 0 Å². The van der Waals surface area contributed by atoms with Crippen LogP contribution in [0.25, 0.3) is 21.7 Å². The van der Waals surface area contributed by atoms with Gasteiger partial charge in [-0.05, 0) is 47.7 Å². The van der Waals surface area contributed by atoms with Gasteiger partial charge in [0.15, 0.2) is 0 Å². The number of nitrogens with one attached hydrogen (secondary N) is 1. The normalized spacial score (nSPS) is 15.9. The average molecular weight is 395 g/mol. The molecule has 150 valence electrons. The molecule has 0 radical (unpaired) electrons. The van der Waals surface area contributed by atoms with Crippen molar-refractivity contribution in [3.63, 3.8) is 0 Å². The fourth-order valence-corrected chi connectivity index (χ4v) is 4.82. The third kappa shape index (κ3) is 3.80. The molecule has 0 unspecified atom stereocenters. The van der Waals surface area contributed by atoms with Gasteiger partial charge in [-0.3, -0.25) is 9.78 Å². The van der Waals surface area contributed by atoms with E-state index in [1.807, 2.05) is 30.3 Å². The highest BCUT2D eigenvalue weighted by Gasteiger charge is 2.34. The maximum absolute atomic E-state index is 13.2. The Bertz CT molecular complexity index is 1210. The van der Waals surface area contributed by atoms with E-state index in [2.05, 4.69) is 52.8 Å². The molecule has 1 aliphatic carbocycles. The summed E-state index contributed by atoms with van der Waals surface area (Å²) in [6.07, 6.45) is 8.16. The van der Waals surface area contributed by atoms with E-state index in [0.717, 1.165) is 43.0 Å². The number of benzene rings is 3. The van der Waals surface area contributed by atoms with Gasteiger partial charge < -0.3 is 5.32 Å². The number of nitrogens with zero attached hydrogens (tertiary/aromatic N) is 1. The molecule has 1 saturated carbocycles. The largest absolute Gasteiger partial charge is 0.346 e. The first kappa shape index (κ1) is 18.8. The molecule has 0 atom stereocenters. The Balaban J connectivity index is 1.42. The molecular formula is C27H26N2O. The minimum atomic E-state index is -0.191. The van der Waals surface area contributed by atoms with Gasteiger partial charge in [-0.25, -0.2) is 0 Å².